The average Bonchev–Trinajstić information content (AvgIpc) is 2.53. The molecule has 0 radical (unpaired) electrons. The highest BCUT2D eigenvalue weighted by Crippen LogP contribution is 2.42. The number of hydrogen-bond acceptors (Lipinski definition) is 5. The van der Waals surface area contributed by atoms with Gasteiger partial charge in [-0.15, -0.1) is 0 Å². The highest BCUT2D eigenvalue weighted by atomic mass is 16.5. The molecule has 0 saturated carbocycles. The molecule has 1 aliphatic rings. The lowest BCUT2D eigenvalue weighted by Gasteiger charge is -2.35. The van der Waals surface area contributed by atoms with Gasteiger partial charge in [-0.25, -0.2) is 0 Å². The largest absolute Gasteiger partial charge is 0.493 e. The summed E-state index contributed by atoms with van der Waals surface area (Å²) in [5.41, 5.74) is 0.0645. The Balaban J connectivity index is 3.52. The number of ketones is 2. The zero-order valence-electron chi connectivity index (χ0n) is 14.2. The van der Waals surface area contributed by atoms with E-state index in [4.69, 9.17) is 9.84 Å². The minimum atomic E-state index is -1.09. The number of methoxy groups -OCH3 is 1. The molecule has 2 N–H and O–H groups in total. The minimum Gasteiger partial charge on any atom is -0.493 e. The van der Waals surface area contributed by atoms with E-state index in [9.17, 15) is 9.59 Å². The third-order valence-corrected chi connectivity index (χ3v) is 4.51. The smallest absolute Gasteiger partial charge is 0.211 e. The van der Waals surface area contributed by atoms with E-state index in [1.165, 1.54) is 7.11 Å². The molecule has 0 amide bonds. The van der Waals surface area contributed by atoms with Gasteiger partial charge in [0.25, 0.3) is 0 Å². The fourth-order valence-electron chi connectivity index (χ4n) is 2.62. The number of rotatable bonds is 7. The third-order valence-electron chi connectivity index (χ3n) is 4.51. The maximum atomic E-state index is 12.9. The topological polar surface area (TPSA) is 75.6 Å². The van der Waals surface area contributed by atoms with Gasteiger partial charge in [0.05, 0.1) is 19.1 Å². The number of nitrogens with one attached hydrogen (secondary N) is 1. The molecule has 124 valence electrons. The van der Waals surface area contributed by atoms with Crippen LogP contribution in [0.3, 0.4) is 0 Å². The molecular formula is C17H27NO4. The molecule has 0 heterocycles. The van der Waals surface area contributed by atoms with Crippen LogP contribution >= 0.6 is 0 Å². The quantitative estimate of drug-likeness (QED) is 0.427. The number of aliphatic hydroxyl groups excluding tert-OH is 1. The van der Waals surface area contributed by atoms with Crippen molar-refractivity contribution in [2.75, 3.05) is 20.3 Å². The Morgan fingerprint density at radius 3 is 2.41 bits per heavy atom. The molecular weight excluding hydrogens is 282 g/mol. The first-order valence-electron chi connectivity index (χ1n) is 7.81. The fraction of sp³-hybridized carbons (Fsp3) is 0.647. The van der Waals surface area contributed by atoms with Crippen molar-refractivity contribution >= 4 is 11.6 Å². The number of hydrogen-bond donors (Lipinski definition) is 2. The van der Waals surface area contributed by atoms with Crippen LogP contribution in [0.5, 0.6) is 0 Å². The Hall–Kier alpha value is -1.62. The van der Waals surface area contributed by atoms with Crippen LogP contribution in [0.15, 0.2) is 23.1 Å². The van der Waals surface area contributed by atoms with Gasteiger partial charge in [0.15, 0.2) is 11.5 Å². The number of allylic oxidation sites excluding steroid dienone is 3. The van der Waals surface area contributed by atoms with E-state index in [2.05, 4.69) is 5.32 Å². The van der Waals surface area contributed by atoms with Gasteiger partial charge in [0.1, 0.15) is 0 Å². The van der Waals surface area contributed by atoms with Crippen LogP contribution in [0.2, 0.25) is 0 Å². The molecule has 0 aromatic heterocycles. The molecule has 2 atom stereocenters. The summed E-state index contributed by atoms with van der Waals surface area (Å²) < 4.78 is 5.38. The lowest BCUT2D eigenvalue weighted by Crippen LogP contribution is -2.44. The molecule has 0 fully saturated rings. The van der Waals surface area contributed by atoms with Gasteiger partial charge < -0.3 is 15.2 Å². The van der Waals surface area contributed by atoms with Crippen molar-refractivity contribution in [3.05, 3.63) is 23.1 Å². The zero-order valence-corrected chi connectivity index (χ0v) is 14.2. The van der Waals surface area contributed by atoms with Crippen LogP contribution < -0.4 is 5.32 Å². The first-order valence-corrected chi connectivity index (χ1v) is 7.81. The van der Waals surface area contributed by atoms with Crippen LogP contribution in [0.1, 0.15) is 40.5 Å². The van der Waals surface area contributed by atoms with E-state index >= 15 is 0 Å². The second-order valence-electron chi connectivity index (χ2n) is 5.84. The van der Waals surface area contributed by atoms with Gasteiger partial charge in [-0.05, 0) is 25.7 Å². The second kappa shape index (κ2) is 7.58. The van der Waals surface area contributed by atoms with Gasteiger partial charge in [-0.3, -0.25) is 9.59 Å². The summed E-state index contributed by atoms with van der Waals surface area (Å²) in [4.78, 5) is 25.6. The molecule has 0 spiro atoms. The van der Waals surface area contributed by atoms with E-state index < -0.39 is 5.41 Å². The van der Waals surface area contributed by atoms with Crippen molar-refractivity contribution in [2.24, 2.45) is 11.3 Å². The highest BCUT2D eigenvalue weighted by molar-refractivity contribution is 6.24. The lowest BCUT2D eigenvalue weighted by atomic mass is 9.67. The van der Waals surface area contributed by atoms with E-state index in [1.54, 1.807) is 13.1 Å². The third kappa shape index (κ3) is 3.09. The van der Waals surface area contributed by atoms with Crippen molar-refractivity contribution in [2.45, 2.75) is 40.5 Å². The molecule has 0 unspecified atom stereocenters. The summed E-state index contributed by atoms with van der Waals surface area (Å²) in [5.74, 6) is -0.0968. The van der Waals surface area contributed by atoms with Gasteiger partial charge in [-0.1, -0.05) is 20.8 Å². The first kappa shape index (κ1) is 18.4. The Labute approximate surface area is 132 Å². The summed E-state index contributed by atoms with van der Waals surface area (Å²) in [6, 6.07) is 0. The van der Waals surface area contributed by atoms with Crippen LogP contribution in [-0.4, -0.2) is 36.9 Å². The number of aliphatic hydroxyl groups is 1. The van der Waals surface area contributed by atoms with Gasteiger partial charge in [-0.2, -0.15) is 0 Å². The number of carbonyl (C=O) groups excluding carboxylic acids is 2. The summed E-state index contributed by atoms with van der Waals surface area (Å²) in [7, 11) is 1.47. The molecule has 22 heavy (non-hydrogen) atoms. The van der Waals surface area contributed by atoms with E-state index in [0.29, 0.717) is 24.1 Å². The lowest BCUT2D eigenvalue weighted by molar-refractivity contribution is -0.138. The monoisotopic (exact) mass is 309 g/mol. The summed E-state index contributed by atoms with van der Waals surface area (Å²) in [6.45, 7) is 7.81. The summed E-state index contributed by atoms with van der Waals surface area (Å²) in [6.07, 6.45) is 2.82. The zero-order chi connectivity index (χ0) is 16.9. The second-order valence-corrected chi connectivity index (χ2v) is 5.84. The summed E-state index contributed by atoms with van der Waals surface area (Å²) in [5, 5.41) is 11.8. The highest BCUT2D eigenvalue weighted by Gasteiger charge is 2.49. The number of carbonyl (C=O) groups is 2. The molecule has 0 aliphatic heterocycles. The van der Waals surface area contributed by atoms with Gasteiger partial charge in [0, 0.05) is 23.9 Å². The minimum absolute atomic E-state index is 0.0263. The van der Waals surface area contributed by atoms with Crippen molar-refractivity contribution < 1.29 is 19.4 Å². The Morgan fingerprint density at radius 2 is 1.95 bits per heavy atom. The van der Waals surface area contributed by atoms with E-state index in [1.807, 2.05) is 20.8 Å². The van der Waals surface area contributed by atoms with Crippen molar-refractivity contribution in [3.8, 4) is 0 Å². The Kier molecular flexibility index (Phi) is 6.35. The maximum absolute atomic E-state index is 12.9. The Morgan fingerprint density at radius 1 is 1.32 bits per heavy atom. The van der Waals surface area contributed by atoms with Crippen LogP contribution in [0, 0.1) is 11.3 Å². The Bertz CT molecular complexity index is 507. The SMILES string of the molecule is CC[C@H](C)C1=C(OC)C(=O)[C@@](C)(CC)C(=O)/C1=C\NCCO. The predicted molar refractivity (Wildman–Crippen MR) is 85.1 cm³/mol. The summed E-state index contributed by atoms with van der Waals surface area (Å²) >= 11 is 0. The molecule has 5 heteroatoms. The predicted octanol–water partition coefficient (Wildman–Crippen LogP) is 1.97. The van der Waals surface area contributed by atoms with E-state index in [-0.39, 0.29) is 29.9 Å². The average molecular weight is 309 g/mol. The fourth-order valence-corrected chi connectivity index (χ4v) is 2.62. The molecule has 0 bridgehead atoms. The van der Waals surface area contributed by atoms with Crippen molar-refractivity contribution in [1.29, 1.82) is 0 Å². The van der Waals surface area contributed by atoms with Crippen molar-refractivity contribution in [1.82, 2.24) is 5.32 Å². The van der Waals surface area contributed by atoms with Crippen LogP contribution in [-0.2, 0) is 14.3 Å². The molecule has 1 aliphatic carbocycles. The molecule has 1 rings (SSSR count). The molecule has 5 nitrogen and oxygen atoms in total. The van der Waals surface area contributed by atoms with E-state index in [0.717, 1.165) is 6.42 Å². The standard InChI is InChI=1S/C17H27NO4/c1-6-11(3)13-12(10-18-8-9-19)15(20)17(4,7-2)16(21)14(13)22-5/h10-11,18-19H,6-9H2,1-5H3/b12-10-/t11-,17-/m0/s1. The maximum Gasteiger partial charge on any atom is 0.211 e. The number of Topliss-reactive ketones (excluding diaryl/α,β-unsaturated/α-hetero) is 2. The van der Waals surface area contributed by atoms with Gasteiger partial charge >= 0.3 is 0 Å². The number of ether oxygens (including phenoxy) is 1. The molecule has 0 saturated heterocycles. The normalized spacial score (nSPS) is 25.6. The van der Waals surface area contributed by atoms with Crippen molar-refractivity contribution in [3.63, 3.8) is 0 Å². The molecule has 0 aromatic rings. The van der Waals surface area contributed by atoms with Gasteiger partial charge in [0.2, 0.25) is 5.78 Å². The first-order chi connectivity index (χ1) is 10.4. The molecule has 0 aromatic carbocycles. The van der Waals surface area contributed by atoms with Crippen LogP contribution in [0.25, 0.3) is 0 Å². The van der Waals surface area contributed by atoms with Crippen LogP contribution in [0.4, 0.5) is 0 Å².